The molecule has 2 atom stereocenters. The van der Waals surface area contributed by atoms with Crippen molar-refractivity contribution in [3.8, 4) is 0 Å². The molecule has 12 heavy (non-hydrogen) atoms. The molecule has 70 valence electrons. The average Bonchev–Trinajstić information content (AvgIpc) is 2.53. The lowest BCUT2D eigenvalue weighted by Gasteiger charge is -2.33. The summed E-state index contributed by atoms with van der Waals surface area (Å²) < 4.78 is 0. The molecule has 0 amide bonds. The Morgan fingerprint density at radius 2 is 1.83 bits per heavy atom. The zero-order valence-corrected chi connectivity index (χ0v) is 7.29. The molecule has 0 spiro atoms. The molecule has 0 aliphatic carbocycles. The summed E-state index contributed by atoms with van der Waals surface area (Å²) in [6.45, 7) is 5.97. The van der Waals surface area contributed by atoms with Gasteiger partial charge >= 0.3 is 0 Å². The molecule has 2 saturated heterocycles. The number of piperazine rings is 1. The van der Waals surface area contributed by atoms with Gasteiger partial charge in [-0.3, -0.25) is 4.90 Å². The van der Waals surface area contributed by atoms with Gasteiger partial charge in [0.2, 0.25) is 0 Å². The van der Waals surface area contributed by atoms with E-state index in [1.54, 1.807) is 0 Å². The number of aliphatic hydroxyl groups excluding tert-OH is 1. The maximum absolute atomic E-state index is 9.62. The Kier molecular flexibility index (Phi) is 2.60. The highest BCUT2D eigenvalue weighted by atomic mass is 16.3. The second-order valence-corrected chi connectivity index (χ2v) is 3.58. The van der Waals surface area contributed by atoms with Gasteiger partial charge in [-0.2, -0.15) is 0 Å². The summed E-state index contributed by atoms with van der Waals surface area (Å²) in [5.74, 6) is 0. The summed E-state index contributed by atoms with van der Waals surface area (Å²) >= 11 is 0. The fourth-order valence-corrected chi connectivity index (χ4v) is 2.04. The second kappa shape index (κ2) is 3.70. The van der Waals surface area contributed by atoms with Crippen molar-refractivity contribution in [2.24, 2.45) is 0 Å². The van der Waals surface area contributed by atoms with Gasteiger partial charge in [0.15, 0.2) is 0 Å². The minimum absolute atomic E-state index is 0.164. The molecular formula is C8H17N3O. The molecule has 3 N–H and O–H groups in total. The monoisotopic (exact) mass is 171 g/mol. The van der Waals surface area contributed by atoms with Gasteiger partial charge in [0.05, 0.1) is 6.10 Å². The lowest BCUT2D eigenvalue weighted by Crippen LogP contribution is -2.52. The van der Waals surface area contributed by atoms with Crippen molar-refractivity contribution in [1.82, 2.24) is 15.5 Å². The van der Waals surface area contributed by atoms with Gasteiger partial charge in [-0.1, -0.05) is 0 Å². The number of nitrogens with one attached hydrogen (secondary N) is 2. The van der Waals surface area contributed by atoms with Crippen molar-refractivity contribution in [1.29, 1.82) is 0 Å². The van der Waals surface area contributed by atoms with E-state index >= 15 is 0 Å². The quantitative estimate of drug-likeness (QED) is 0.437. The molecule has 0 aromatic carbocycles. The number of β-amino-alcohol motifs (C(OH)–C–C–N with tert-alkyl or cyclic N) is 1. The van der Waals surface area contributed by atoms with E-state index in [1.807, 2.05) is 0 Å². The van der Waals surface area contributed by atoms with Crippen LogP contribution in [0.3, 0.4) is 0 Å². The molecule has 0 saturated carbocycles. The molecule has 2 fully saturated rings. The first-order valence-corrected chi connectivity index (χ1v) is 4.71. The van der Waals surface area contributed by atoms with Crippen molar-refractivity contribution in [2.45, 2.75) is 12.1 Å². The number of nitrogens with zero attached hydrogens (tertiary/aromatic N) is 1. The van der Waals surface area contributed by atoms with Crippen LogP contribution in [0, 0.1) is 0 Å². The topological polar surface area (TPSA) is 47.5 Å². The fraction of sp³-hybridized carbons (Fsp3) is 1.00. The fourth-order valence-electron chi connectivity index (χ4n) is 2.04. The lowest BCUT2D eigenvalue weighted by atomic mass is 10.1. The Morgan fingerprint density at radius 1 is 1.08 bits per heavy atom. The Morgan fingerprint density at radius 3 is 2.42 bits per heavy atom. The smallest absolute Gasteiger partial charge is 0.0831 e. The van der Waals surface area contributed by atoms with Crippen molar-refractivity contribution in [3.63, 3.8) is 0 Å². The SMILES string of the molecule is O[C@@H]1CNC[C@H]1N1CCNCC1. The van der Waals surface area contributed by atoms with E-state index in [2.05, 4.69) is 15.5 Å². The minimum atomic E-state index is -0.164. The summed E-state index contributed by atoms with van der Waals surface area (Å²) in [7, 11) is 0. The normalized spacial score (nSPS) is 38.8. The predicted molar refractivity (Wildman–Crippen MR) is 47.1 cm³/mol. The first kappa shape index (κ1) is 8.44. The number of hydrogen-bond acceptors (Lipinski definition) is 4. The average molecular weight is 171 g/mol. The Hall–Kier alpha value is -0.160. The number of aliphatic hydroxyl groups is 1. The maximum atomic E-state index is 9.62. The van der Waals surface area contributed by atoms with Crippen LogP contribution in [0.2, 0.25) is 0 Å². The van der Waals surface area contributed by atoms with E-state index < -0.39 is 0 Å². The van der Waals surface area contributed by atoms with Crippen LogP contribution in [0.25, 0.3) is 0 Å². The predicted octanol–water partition coefficient (Wildman–Crippen LogP) is -1.78. The van der Waals surface area contributed by atoms with Gasteiger partial charge in [-0.25, -0.2) is 0 Å². The van der Waals surface area contributed by atoms with Crippen molar-refractivity contribution in [2.75, 3.05) is 39.3 Å². The summed E-state index contributed by atoms with van der Waals surface area (Å²) in [6.07, 6.45) is -0.164. The molecule has 2 heterocycles. The summed E-state index contributed by atoms with van der Waals surface area (Å²) in [6, 6.07) is 0.354. The molecule has 0 aromatic rings. The Balaban J connectivity index is 1.89. The van der Waals surface area contributed by atoms with E-state index in [0.717, 1.165) is 39.3 Å². The molecule has 0 aromatic heterocycles. The van der Waals surface area contributed by atoms with Gasteiger partial charge in [0.1, 0.15) is 0 Å². The van der Waals surface area contributed by atoms with Crippen LogP contribution < -0.4 is 10.6 Å². The first-order chi connectivity index (χ1) is 5.88. The van der Waals surface area contributed by atoms with Crippen LogP contribution in [0.4, 0.5) is 0 Å². The van der Waals surface area contributed by atoms with Crippen LogP contribution in [0.5, 0.6) is 0 Å². The van der Waals surface area contributed by atoms with Crippen molar-refractivity contribution >= 4 is 0 Å². The molecule has 4 nitrogen and oxygen atoms in total. The number of rotatable bonds is 1. The number of hydrogen-bond donors (Lipinski definition) is 3. The summed E-state index contributed by atoms with van der Waals surface area (Å²) in [5, 5.41) is 16.1. The van der Waals surface area contributed by atoms with Gasteiger partial charge in [-0.05, 0) is 0 Å². The highest BCUT2D eigenvalue weighted by molar-refractivity contribution is 4.89. The summed E-state index contributed by atoms with van der Waals surface area (Å²) in [4.78, 5) is 2.38. The largest absolute Gasteiger partial charge is 0.390 e. The maximum Gasteiger partial charge on any atom is 0.0831 e. The van der Waals surface area contributed by atoms with Crippen LogP contribution in [0.15, 0.2) is 0 Å². The zero-order chi connectivity index (χ0) is 8.39. The third-order valence-electron chi connectivity index (χ3n) is 2.77. The highest BCUT2D eigenvalue weighted by Gasteiger charge is 2.30. The van der Waals surface area contributed by atoms with Crippen LogP contribution in [-0.2, 0) is 0 Å². The van der Waals surface area contributed by atoms with Gasteiger partial charge in [0, 0.05) is 45.3 Å². The molecule has 4 heteroatoms. The molecule has 0 radical (unpaired) electrons. The van der Waals surface area contributed by atoms with Crippen molar-refractivity contribution < 1.29 is 5.11 Å². The van der Waals surface area contributed by atoms with Crippen LogP contribution >= 0.6 is 0 Å². The zero-order valence-electron chi connectivity index (χ0n) is 7.29. The minimum Gasteiger partial charge on any atom is -0.390 e. The van der Waals surface area contributed by atoms with Crippen LogP contribution in [0.1, 0.15) is 0 Å². The molecule has 2 aliphatic heterocycles. The van der Waals surface area contributed by atoms with E-state index in [1.165, 1.54) is 0 Å². The molecule has 0 bridgehead atoms. The van der Waals surface area contributed by atoms with E-state index in [-0.39, 0.29) is 6.10 Å². The first-order valence-electron chi connectivity index (χ1n) is 4.71. The van der Waals surface area contributed by atoms with E-state index in [9.17, 15) is 5.11 Å². The van der Waals surface area contributed by atoms with Crippen LogP contribution in [-0.4, -0.2) is 61.4 Å². The molecule has 2 rings (SSSR count). The third kappa shape index (κ3) is 1.61. The van der Waals surface area contributed by atoms with Gasteiger partial charge in [0.25, 0.3) is 0 Å². The van der Waals surface area contributed by atoms with Gasteiger partial charge < -0.3 is 15.7 Å². The molecule has 0 unspecified atom stereocenters. The standard InChI is InChI=1S/C8H17N3O/c12-8-6-10-5-7(8)11-3-1-9-2-4-11/h7-10,12H,1-6H2/t7-,8-/m1/s1. The van der Waals surface area contributed by atoms with Gasteiger partial charge in [-0.15, -0.1) is 0 Å². The third-order valence-corrected chi connectivity index (χ3v) is 2.77. The second-order valence-electron chi connectivity index (χ2n) is 3.58. The van der Waals surface area contributed by atoms with Crippen molar-refractivity contribution in [3.05, 3.63) is 0 Å². The molecular weight excluding hydrogens is 154 g/mol. The highest BCUT2D eigenvalue weighted by Crippen LogP contribution is 2.09. The lowest BCUT2D eigenvalue weighted by molar-refractivity contribution is 0.0750. The van der Waals surface area contributed by atoms with E-state index in [4.69, 9.17) is 0 Å². The van der Waals surface area contributed by atoms with E-state index in [0.29, 0.717) is 6.04 Å². The Bertz CT molecular complexity index is 147. The Labute approximate surface area is 72.9 Å². The molecule has 2 aliphatic rings. The summed E-state index contributed by atoms with van der Waals surface area (Å²) in [5.41, 5.74) is 0.